The number of amides is 2. The van der Waals surface area contributed by atoms with E-state index in [2.05, 4.69) is 20.6 Å². The Morgan fingerprint density at radius 2 is 2.28 bits per heavy atom. The van der Waals surface area contributed by atoms with Gasteiger partial charge in [0.1, 0.15) is 11.4 Å². The van der Waals surface area contributed by atoms with Gasteiger partial charge >= 0.3 is 12.0 Å². The second kappa shape index (κ2) is 4.67. The Morgan fingerprint density at radius 3 is 2.72 bits per heavy atom. The van der Waals surface area contributed by atoms with Crippen molar-refractivity contribution in [2.24, 2.45) is 0 Å². The van der Waals surface area contributed by atoms with Gasteiger partial charge in [0.25, 0.3) is 0 Å². The average molecular weight is 252 g/mol. The van der Waals surface area contributed by atoms with Gasteiger partial charge < -0.3 is 20.7 Å². The molecular weight excluding hydrogens is 236 g/mol. The lowest BCUT2D eigenvalue weighted by Crippen LogP contribution is -2.61. The maximum absolute atomic E-state index is 11.7. The molecule has 0 aromatic carbocycles. The number of carboxylic acids is 1. The summed E-state index contributed by atoms with van der Waals surface area (Å²) in [5, 5.41) is 14.3. The number of hydrogen-bond acceptors (Lipinski definition) is 3. The third kappa shape index (κ3) is 2.29. The number of hydrogen-bond donors (Lipinski definition) is 4. The molecule has 1 saturated carbocycles. The number of nitrogens with one attached hydrogen (secondary N) is 3. The number of rotatable bonds is 4. The highest BCUT2D eigenvalue weighted by Crippen LogP contribution is 2.31. The number of aromatic nitrogens is 2. The van der Waals surface area contributed by atoms with Crippen LogP contribution in [0, 0.1) is 0 Å². The zero-order chi connectivity index (χ0) is 13.2. The predicted octanol–water partition coefficient (Wildman–Crippen LogP) is 0.777. The van der Waals surface area contributed by atoms with Gasteiger partial charge in [-0.25, -0.2) is 14.6 Å². The molecule has 2 amide bonds. The lowest BCUT2D eigenvalue weighted by atomic mass is 9.77. The molecule has 0 saturated heterocycles. The Kier molecular flexibility index (Phi) is 3.22. The molecule has 0 radical (unpaired) electrons. The highest BCUT2D eigenvalue weighted by molar-refractivity contribution is 5.87. The molecule has 7 heteroatoms. The fraction of sp³-hybridized carbons (Fsp3) is 0.545. The van der Waals surface area contributed by atoms with Gasteiger partial charge in [-0.15, -0.1) is 0 Å². The molecule has 98 valence electrons. The minimum absolute atomic E-state index is 0.300. The molecule has 18 heavy (non-hydrogen) atoms. The normalized spacial score (nSPS) is 18.5. The number of carbonyl (C=O) groups is 2. The van der Waals surface area contributed by atoms with Crippen LogP contribution < -0.4 is 10.6 Å². The largest absolute Gasteiger partial charge is 0.480 e. The lowest BCUT2D eigenvalue weighted by Gasteiger charge is -2.38. The highest BCUT2D eigenvalue weighted by atomic mass is 16.4. The van der Waals surface area contributed by atoms with Crippen LogP contribution in [0.2, 0.25) is 0 Å². The van der Waals surface area contributed by atoms with E-state index in [1.807, 2.05) is 0 Å². The van der Waals surface area contributed by atoms with Gasteiger partial charge in [0.15, 0.2) is 0 Å². The molecule has 4 N–H and O–H groups in total. The molecule has 0 bridgehead atoms. The maximum Gasteiger partial charge on any atom is 0.329 e. The van der Waals surface area contributed by atoms with Crippen molar-refractivity contribution >= 4 is 12.0 Å². The molecule has 2 rings (SSSR count). The third-order valence-electron chi connectivity index (χ3n) is 3.25. The van der Waals surface area contributed by atoms with Gasteiger partial charge in [-0.2, -0.15) is 0 Å². The zero-order valence-electron chi connectivity index (χ0n) is 10.1. The van der Waals surface area contributed by atoms with Crippen LogP contribution in [0.5, 0.6) is 0 Å². The van der Waals surface area contributed by atoms with Crippen molar-refractivity contribution < 1.29 is 14.7 Å². The standard InChI is InChI=1S/C11H16N4O3/c1-7(8-12-5-6-13-8)14-10(18)15-11(9(16)17)3-2-4-11/h5-7H,2-4H2,1H3,(H,12,13)(H,16,17)(H2,14,15,18). The molecule has 1 aromatic heterocycles. The van der Waals surface area contributed by atoms with E-state index >= 15 is 0 Å². The Bertz CT molecular complexity index is 439. The molecule has 1 atom stereocenters. The topological polar surface area (TPSA) is 107 Å². The summed E-state index contributed by atoms with van der Waals surface area (Å²) in [6.07, 6.45) is 5.03. The summed E-state index contributed by atoms with van der Waals surface area (Å²) in [6, 6.07) is -0.785. The first-order chi connectivity index (χ1) is 8.53. The van der Waals surface area contributed by atoms with Crippen molar-refractivity contribution in [1.29, 1.82) is 0 Å². The molecule has 0 spiro atoms. The highest BCUT2D eigenvalue weighted by Gasteiger charge is 2.45. The number of carboxylic acid groups (broad SMARTS) is 1. The van der Waals surface area contributed by atoms with Crippen LogP contribution in [-0.4, -0.2) is 32.6 Å². The maximum atomic E-state index is 11.7. The first kappa shape index (κ1) is 12.4. The van der Waals surface area contributed by atoms with E-state index < -0.39 is 17.5 Å². The van der Waals surface area contributed by atoms with E-state index in [9.17, 15) is 9.59 Å². The predicted molar refractivity (Wildman–Crippen MR) is 62.9 cm³/mol. The van der Waals surface area contributed by atoms with E-state index in [0.717, 1.165) is 6.42 Å². The van der Waals surface area contributed by atoms with Gasteiger partial charge in [-0.3, -0.25) is 0 Å². The summed E-state index contributed by atoms with van der Waals surface area (Å²) in [7, 11) is 0. The van der Waals surface area contributed by atoms with Gasteiger partial charge in [-0.05, 0) is 26.2 Å². The van der Waals surface area contributed by atoms with E-state index in [4.69, 9.17) is 5.11 Å². The Hall–Kier alpha value is -2.05. The quantitative estimate of drug-likeness (QED) is 0.635. The fourth-order valence-corrected chi connectivity index (χ4v) is 1.96. The van der Waals surface area contributed by atoms with Gasteiger partial charge in [0.05, 0.1) is 6.04 Å². The van der Waals surface area contributed by atoms with Crippen LogP contribution in [-0.2, 0) is 4.79 Å². The molecule has 7 nitrogen and oxygen atoms in total. The molecule has 1 aliphatic rings. The van der Waals surface area contributed by atoms with Crippen LogP contribution in [0.1, 0.15) is 38.1 Å². The Labute approximate surface area is 104 Å². The number of aromatic amines is 1. The first-order valence-electron chi connectivity index (χ1n) is 5.85. The number of carbonyl (C=O) groups excluding carboxylic acids is 1. The van der Waals surface area contributed by atoms with Crippen molar-refractivity contribution in [3.63, 3.8) is 0 Å². The summed E-state index contributed by atoms with van der Waals surface area (Å²) in [4.78, 5) is 29.7. The van der Waals surface area contributed by atoms with Crippen LogP contribution in [0.3, 0.4) is 0 Å². The number of urea groups is 1. The first-order valence-corrected chi connectivity index (χ1v) is 5.85. The lowest BCUT2D eigenvalue weighted by molar-refractivity contribution is -0.148. The van der Waals surface area contributed by atoms with Gasteiger partial charge in [0.2, 0.25) is 0 Å². The number of imidazole rings is 1. The Balaban J connectivity index is 1.91. The number of H-pyrrole nitrogens is 1. The molecular formula is C11H16N4O3. The van der Waals surface area contributed by atoms with Crippen molar-refractivity contribution in [2.45, 2.75) is 37.8 Å². The number of nitrogens with zero attached hydrogens (tertiary/aromatic N) is 1. The van der Waals surface area contributed by atoms with E-state index in [-0.39, 0.29) is 6.04 Å². The second-order valence-electron chi connectivity index (χ2n) is 4.54. The zero-order valence-corrected chi connectivity index (χ0v) is 10.1. The van der Waals surface area contributed by atoms with Crippen molar-refractivity contribution in [3.8, 4) is 0 Å². The van der Waals surface area contributed by atoms with Crippen LogP contribution >= 0.6 is 0 Å². The van der Waals surface area contributed by atoms with Crippen molar-refractivity contribution in [1.82, 2.24) is 20.6 Å². The fourth-order valence-electron chi connectivity index (χ4n) is 1.96. The Morgan fingerprint density at radius 1 is 1.56 bits per heavy atom. The molecule has 0 aliphatic heterocycles. The number of aliphatic carboxylic acids is 1. The van der Waals surface area contributed by atoms with Crippen molar-refractivity contribution in [3.05, 3.63) is 18.2 Å². The average Bonchev–Trinajstić information content (AvgIpc) is 2.76. The summed E-state index contributed by atoms with van der Waals surface area (Å²) in [5.74, 6) is -0.349. The second-order valence-corrected chi connectivity index (χ2v) is 4.54. The summed E-state index contributed by atoms with van der Waals surface area (Å²) in [6.45, 7) is 1.77. The minimum Gasteiger partial charge on any atom is -0.480 e. The smallest absolute Gasteiger partial charge is 0.329 e. The monoisotopic (exact) mass is 252 g/mol. The van der Waals surface area contributed by atoms with E-state index in [0.29, 0.717) is 18.7 Å². The van der Waals surface area contributed by atoms with Gasteiger partial charge in [0, 0.05) is 12.4 Å². The van der Waals surface area contributed by atoms with Crippen LogP contribution in [0.15, 0.2) is 12.4 Å². The molecule has 1 unspecified atom stereocenters. The summed E-state index contributed by atoms with van der Waals surface area (Å²) in [5.41, 5.74) is -1.09. The van der Waals surface area contributed by atoms with E-state index in [1.54, 1.807) is 19.3 Å². The van der Waals surface area contributed by atoms with E-state index in [1.165, 1.54) is 0 Å². The molecule has 1 fully saturated rings. The third-order valence-corrected chi connectivity index (χ3v) is 3.25. The molecule has 1 aromatic rings. The SMILES string of the molecule is CC(NC(=O)NC1(C(=O)O)CCC1)c1ncc[nH]1. The summed E-state index contributed by atoms with van der Waals surface area (Å²) < 4.78 is 0. The van der Waals surface area contributed by atoms with Crippen molar-refractivity contribution in [2.75, 3.05) is 0 Å². The van der Waals surface area contributed by atoms with Crippen LogP contribution in [0.4, 0.5) is 4.79 Å². The van der Waals surface area contributed by atoms with Gasteiger partial charge in [-0.1, -0.05) is 0 Å². The molecule has 1 heterocycles. The molecule has 1 aliphatic carbocycles. The summed E-state index contributed by atoms with van der Waals surface area (Å²) >= 11 is 0. The minimum atomic E-state index is -1.09. The van der Waals surface area contributed by atoms with Crippen LogP contribution in [0.25, 0.3) is 0 Å².